The molecule has 0 saturated heterocycles. The Balaban J connectivity index is 1.97. The van der Waals surface area contributed by atoms with Crippen LogP contribution in [0.15, 0.2) is 41.8 Å². The maximum Gasteiger partial charge on any atom is 0.268 e. The lowest BCUT2D eigenvalue weighted by molar-refractivity contribution is 0.0997. The van der Waals surface area contributed by atoms with Crippen LogP contribution in [0.3, 0.4) is 0 Å². The number of anilines is 1. The zero-order valence-corrected chi connectivity index (χ0v) is 12.3. The molecule has 0 unspecified atom stereocenters. The zero-order chi connectivity index (χ0) is 14.1. The molecule has 2 aromatic heterocycles. The third-order valence-electron chi connectivity index (χ3n) is 3.04. The fourth-order valence-corrected chi connectivity index (χ4v) is 4.09. The molecule has 3 nitrogen and oxygen atoms in total. The molecule has 5 heteroatoms. The van der Waals surface area contributed by atoms with Crippen LogP contribution < -0.4 is 4.90 Å². The quantitative estimate of drug-likeness (QED) is 0.714. The fraction of sp³-hybridized carbons (Fsp3) is 0.0667. The van der Waals surface area contributed by atoms with Crippen LogP contribution in [0.5, 0.6) is 0 Å². The number of amides is 1. The Bertz CT molecular complexity index is 797. The first-order valence-electron chi connectivity index (χ1n) is 5.95. The molecule has 0 fully saturated rings. The number of rotatable bonds is 2. The number of carbonyl (C=O) groups excluding carboxylic acids is 1. The Labute approximate surface area is 124 Å². The lowest BCUT2D eigenvalue weighted by atomic mass is 10.2. The summed E-state index contributed by atoms with van der Waals surface area (Å²) in [5, 5.41) is 11.1. The second kappa shape index (κ2) is 5.08. The van der Waals surface area contributed by atoms with Crippen LogP contribution in [-0.4, -0.2) is 13.0 Å². The highest BCUT2D eigenvalue weighted by atomic mass is 32.1. The highest BCUT2D eigenvalue weighted by Crippen LogP contribution is 2.31. The zero-order valence-electron chi connectivity index (χ0n) is 10.7. The van der Waals surface area contributed by atoms with Crippen LogP contribution in [0.25, 0.3) is 9.40 Å². The van der Waals surface area contributed by atoms with E-state index in [0.717, 1.165) is 9.40 Å². The molecule has 3 aromatic rings. The Morgan fingerprint density at radius 1 is 1.25 bits per heavy atom. The minimum absolute atomic E-state index is 0.0823. The largest absolute Gasteiger partial charge is 0.309 e. The van der Waals surface area contributed by atoms with Crippen molar-refractivity contribution in [2.24, 2.45) is 0 Å². The topological polar surface area (TPSA) is 44.1 Å². The monoisotopic (exact) mass is 298 g/mol. The average Bonchev–Trinajstić information content (AvgIpc) is 3.06. The first kappa shape index (κ1) is 12.9. The maximum absolute atomic E-state index is 12.5. The molecule has 0 spiro atoms. The van der Waals surface area contributed by atoms with Gasteiger partial charge in [-0.15, -0.1) is 22.7 Å². The number of hydrogen-bond acceptors (Lipinski definition) is 4. The Kier molecular flexibility index (Phi) is 3.26. The molecular weight excluding hydrogens is 288 g/mol. The Morgan fingerprint density at radius 3 is 2.80 bits per heavy atom. The molecule has 0 aliphatic carbocycles. The smallest absolute Gasteiger partial charge is 0.268 e. The third-order valence-corrected chi connectivity index (χ3v) is 5.12. The third kappa shape index (κ3) is 2.09. The molecule has 1 aromatic carbocycles. The van der Waals surface area contributed by atoms with Crippen LogP contribution in [0.4, 0.5) is 5.69 Å². The molecular formula is C15H10N2OS2. The van der Waals surface area contributed by atoms with Crippen LogP contribution >= 0.6 is 22.7 Å². The summed E-state index contributed by atoms with van der Waals surface area (Å²) in [5.41, 5.74) is 1.14. The van der Waals surface area contributed by atoms with Crippen molar-refractivity contribution >= 4 is 43.7 Å². The van der Waals surface area contributed by atoms with Crippen LogP contribution in [0.1, 0.15) is 15.2 Å². The minimum Gasteiger partial charge on any atom is -0.309 e. The van der Waals surface area contributed by atoms with E-state index in [2.05, 4.69) is 6.07 Å². The second-order valence-corrected chi connectivity index (χ2v) is 6.28. The number of benzene rings is 1. The normalized spacial score (nSPS) is 10.4. The van der Waals surface area contributed by atoms with E-state index in [9.17, 15) is 4.79 Å². The summed E-state index contributed by atoms with van der Waals surface area (Å²) in [7, 11) is 1.70. The predicted octanol–water partition coefficient (Wildman–Crippen LogP) is 4.11. The van der Waals surface area contributed by atoms with Gasteiger partial charge in [-0.2, -0.15) is 5.26 Å². The number of para-hydroxylation sites is 1. The van der Waals surface area contributed by atoms with Gasteiger partial charge in [0.05, 0.1) is 16.1 Å². The number of fused-ring (bicyclic) bond motifs is 1. The minimum atomic E-state index is -0.0823. The van der Waals surface area contributed by atoms with E-state index in [-0.39, 0.29) is 5.91 Å². The summed E-state index contributed by atoms with van der Waals surface area (Å²) in [5.74, 6) is -0.0823. The van der Waals surface area contributed by atoms with E-state index in [4.69, 9.17) is 5.26 Å². The lowest BCUT2D eigenvalue weighted by Crippen LogP contribution is -2.26. The second-order valence-electron chi connectivity index (χ2n) is 4.25. The molecule has 0 radical (unpaired) electrons. The summed E-state index contributed by atoms with van der Waals surface area (Å²) < 4.78 is 2.25. The molecule has 0 atom stereocenters. The van der Waals surface area contributed by atoms with E-state index in [1.807, 2.05) is 23.6 Å². The van der Waals surface area contributed by atoms with E-state index < -0.39 is 0 Å². The van der Waals surface area contributed by atoms with Gasteiger partial charge in [0.25, 0.3) is 5.91 Å². The predicted molar refractivity (Wildman–Crippen MR) is 83.6 cm³/mol. The molecule has 0 aliphatic rings. The van der Waals surface area contributed by atoms with E-state index in [0.29, 0.717) is 16.1 Å². The van der Waals surface area contributed by atoms with Gasteiger partial charge in [-0.1, -0.05) is 12.1 Å². The molecule has 0 saturated carbocycles. The number of nitrogens with zero attached hydrogens (tertiary/aromatic N) is 2. The summed E-state index contributed by atoms with van der Waals surface area (Å²) in [6, 6.07) is 13.2. The molecule has 0 bridgehead atoms. The summed E-state index contributed by atoms with van der Waals surface area (Å²) >= 11 is 3.11. The number of hydrogen-bond donors (Lipinski definition) is 0. The summed E-state index contributed by atoms with van der Waals surface area (Å²) in [6.07, 6.45) is 0. The lowest BCUT2D eigenvalue weighted by Gasteiger charge is -2.17. The molecule has 98 valence electrons. The van der Waals surface area contributed by atoms with Crippen molar-refractivity contribution in [1.29, 1.82) is 5.26 Å². The molecule has 3 rings (SSSR count). The van der Waals surface area contributed by atoms with Gasteiger partial charge in [-0.25, -0.2) is 0 Å². The highest BCUT2D eigenvalue weighted by molar-refractivity contribution is 7.27. The van der Waals surface area contributed by atoms with E-state index in [1.165, 1.54) is 16.2 Å². The molecule has 0 aliphatic heterocycles. The van der Waals surface area contributed by atoms with Gasteiger partial charge in [0.15, 0.2) is 0 Å². The van der Waals surface area contributed by atoms with Crippen molar-refractivity contribution in [2.75, 3.05) is 11.9 Å². The molecule has 2 heterocycles. The summed E-state index contributed by atoms with van der Waals surface area (Å²) in [6.45, 7) is 0. The Morgan fingerprint density at radius 2 is 2.05 bits per heavy atom. The SMILES string of the molecule is CN(C(=O)c1cc2sccc2s1)c1ccccc1C#N. The van der Waals surface area contributed by atoms with Crippen molar-refractivity contribution in [3.05, 3.63) is 52.2 Å². The number of nitriles is 1. The molecule has 0 N–H and O–H groups in total. The van der Waals surface area contributed by atoms with Gasteiger partial charge >= 0.3 is 0 Å². The van der Waals surface area contributed by atoms with Crippen molar-refractivity contribution < 1.29 is 4.79 Å². The van der Waals surface area contributed by atoms with Crippen molar-refractivity contribution in [3.63, 3.8) is 0 Å². The van der Waals surface area contributed by atoms with Crippen molar-refractivity contribution in [3.8, 4) is 6.07 Å². The van der Waals surface area contributed by atoms with Crippen molar-refractivity contribution in [1.82, 2.24) is 0 Å². The summed E-state index contributed by atoms with van der Waals surface area (Å²) in [4.78, 5) is 14.7. The van der Waals surface area contributed by atoms with Gasteiger partial charge in [-0.05, 0) is 29.6 Å². The maximum atomic E-state index is 12.5. The van der Waals surface area contributed by atoms with Gasteiger partial charge in [-0.3, -0.25) is 4.79 Å². The van der Waals surface area contributed by atoms with Gasteiger partial charge in [0.2, 0.25) is 0 Å². The van der Waals surface area contributed by atoms with Crippen LogP contribution in [0.2, 0.25) is 0 Å². The van der Waals surface area contributed by atoms with Crippen LogP contribution in [0, 0.1) is 11.3 Å². The van der Waals surface area contributed by atoms with Crippen LogP contribution in [-0.2, 0) is 0 Å². The number of carbonyl (C=O) groups is 1. The number of thiophene rings is 2. The molecule has 20 heavy (non-hydrogen) atoms. The first-order chi connectivity index (χ1) is 9.70. The van der Waals surface area contributed by atoms with Gasteiger partial charge in [0, 0.05) is 16.4 Å². The van der Waals surface area contributed by atoms with Crippen molar-refractivity contribution in [2.45, 2.75) is 0 Å². The fourth-order valence-electron chi connectivity index (χ4n) is 2.01. The standard InChI is InChI=1S/C15H10N2OS2/c1-17(11-5-3-2-4-10(11)9-16)15(18)14-8-13-12(20-14)6-7-19-13/h2-8H,1H3. The van der Waals surface area contributed by atoms with Gasteiger partial charge < -0.3 is 4.90 Å². The van der Waals surface area contributed by atoms with E-state index >= 15 is 0 Å². The average molecular weight is 298 g/mol. The Hall–Kier alpha value is -2.16. The van der Waals surface area contributed by atoms with Gasteiger partial charge in [0.1, 0.15) is 6.07 Å². The first-order valence-corrected chi connectivity index (χ1v) is 7.64. The molecule has 1 amide bonds. The van der Waals surface area contributed by atoms with E-state index in [1.54, 1.807) is 36.6 Å². The highest BCUT2D eigenvalue weighted by Gasteiger charge is 2.18.